The van der Waals surface area contributed by atoms with Gasteiger partial charge >= 0.3 is 10.0 Å². The quantitative estimate of drug-likeness (QED) is 0.140. The average Bonchev–Trinajstić information content (AvgIpc) is 3.57. The second-order valence-electron chi connectivity index (χ2n) is 9.93. The maximum absolute atomic E-state index is 6.28. The molecule has 3 heterocycles. The van der Waals surface area contributed by atoms with Crippen LogP contribution in [-0.4, -0.2) is 0 Å². The molecular formula is C34H20N2O2S2+2. The van der Waals surface area contributed by atoms with Gasteiger partial charge in [0.05, 0.1) is 9.35 Å². The van der Waals surface area contributed by atoms with Gasteiger partial charge in [-0.2, -0.15) is 0 Å². The maximum atomic E-state index is 6.28. The van der Waals surface area contributed by atoms with Crippen LogP contribution in [0.1, 0.15) is 0 Å². The number of fused-ring (bicyclic) bond motifs is 13. The summed E-state index contributed by atoms with van der Waals surface area (Å²) in [6, 6.07) is 42.6. The Morgan fingerprint density at radius 2 is 0.800 bits per heavy atom. The molecular weight excluding hydrogens is 533 g/mol. The topological polar surface area (TPSA) is 26.2 Å². The molecule has 0 saturated carbocycles. The molecule has 8 aromatic rings. The molecule has 1 aliphatic heterocycles. The van der Waals surface area contributed by atoms with E-state index in [0.717, 1.165) is 53.7 Å². The molecule has 0 spiro atoms. The molecule has 9 rings (SSSR count). The molecule has 0 bridgehead atoms. The maximum Gasteiger partial charge on any atom is 0.344 e. The van der Waals surface area contributed by atoms with Crippen LogP contribution in [0.5, 0.6) is 11.5 Å². The van der Waals surface area contributed by atoms with E-state index in [1.807, 2.05) is 0 Å². The van der Waals surface area contributed by atoms with E-state index < -0.39 is 0 Å². The molecule has 0 radical (unpaired) electrons. The van der Waals surface area contributed by atoms with Crippen molar-refractivity contribution in [3.8, 4) is 32.6 Å². The van der Waals surface area contributed by atoms with Gasteiger partial charge in [-0.3, -0.25) is 9.78 Å². The van der Waals surface area contributed by atoms with Crippen molar-refractivity contribution in [2.24, 2.45) is 0 Å². The van der Waals surface area contributed by atoms with Crippen molar-refractivity contribution in [3.63, 3.8) is 0 Å². The fourth-order valence-corrected chi connectivity index (χ4v) is 7.99. The molecule has 0 unspecified atom stereocenters. The van der Waals surface area contributed by atoms with Crippen molar-refractivity contribution in [2.45, 2.75) is 0 Å². The number of rotatable bonds is 0. The van der Waals surface area contributed by atoms with Crippen molar-refractivity contribution in [1.82, 2.24) is 0 Å². The molecule has 6 aromatic carbocycles. The van der Waals surface area contributed by atoms with E-state index in [4.69, 9.17) is 9.78 Å². The van der Waals surface area contributed by atoms with Gasteiger partial charge in [-0.05, 0) is 57.9 Å². The minimum absolute atomic E-state index is 0.682. The number of hydrogen-bond donors (Lipinski definition) is 0. The van der Waals surface area contributed by atoms with Gasteiger partial charge in [-0.1, -0.05) is 95.5 Å². The normalized spacial score (nSPS) is 12.4. The molecule has 0 aliphatic carbocycles. The Balaban J connectivity index is 1.49. The summed E-state index contributed by atoms with van der Waals surface area (Å²) in [7, 11) is 0. The molecule has 2 aromatic heterocycles. The number of aromatic nitrogens is 2. The summed E-state index contributed by atoms with van der Waals surface area (Å²) in [4.78, 5) is 12.6. The van der Waals surface area contributed by atoms with E-state index in [9.17, 15) is 0 Å². The summed E-state index contributed by atoms with van der Waals surface area (Å²) in [6.45, 7) is 0. The number of nitrogens with zero attached hydrogens (tertiary/aromatic N) is 2. The highest BCUT2D eigenvalue weighted by molar-refractivity contribution is 7.21. The highest BCUT2D eigenvalue weighted by Gasteiger charge is 2.41. The number of para-hydroxylation sites is 2. The van der Waals surface area contributed by atoms with E-state index in [2.05, 4.69) is 131 Å². The third-order valence-corrected chi connectivity index (χ3v) is 9.87. The van der Waals surface area contributed by atoms with E-state index in [1.165, 1.54) is 9.40 Å². The van der Waals surface area contributed by atoms with Gasteiger partial charge in [0, 0.05) is 12.1 Å². The molecule has 0 saturated heterocycles. The van der Waals surface area contributed by atoms with E-state index >= 15 is 0 Å². The SMILES string of the molecule is c1ccc2cc3c(cc2c1)OOc1cc2ccccc2cc1-c1sc2ccccc2[n+]1-[n+]1c-3sc2ccccc21. The molecule has 6 heteroatoms. The van der Waals surface area contributed by atoms with Crippen molar-refractivity contribution < 1.29 is 19.1 Å². The zero-order chi connectivity index (χ0) is 26.2. The Labute approximate surface area is 237 Å². The number of thiazole rings is 2. The molecule has 40 heavy (non-hydrogen) atoms. The molecule has 4 nitrogen and oxygen atoms in total. The summed E-state index contributed by atoms with van der Waals surface area (Å²) >= 11 is 3.52. The van der Waals surface area contributed by atoms with Crippen LogP contribution in [0, 0.1) is 0 Å². The second kappa shape index (κ2) is 8.36. The van der Waals surface area contributed by atoms with Gasteiger partial charge in [-0.25, -0.2) is 0 Å². The zero-order valence-corrected chi connectivity index (χ0v) is 22.7. The van der Waals surface area contributed by atoms with E-state index in [0.29, 0.717) is 11.5 Å². The predicted molar refractivity (Wildman–Crippen MR) is 162 cm³/mol. The lowest BCUT2D eigenvalue weighted by molar-refractivity contribution is -1.26. The second-order valence-corrected chi connectivity index (χ2v) is 12.0. The third kappa shape index (κ3) is 3.18. The first kappa shape index (κ1) is 22.1. The Kier molecular flexibility index (Phi) is 4.61. The molecule has 188 valence electrons. The minimum Gasteiger partial charge on any atom is -0.289 e. The largest absolute Gasteiger partial charge is 0.344 e. The first-order valence-electron chi connectivity index (χ1n) is 13.1. The monoisotopic (exact) mass is 552 g/mol. The lowest BCUT2D eigenvalue weighted by Crippen LogP contribution is -2.67. The van der Waals surface area contributed by atoms with Gasteiger partial charge in [0.1, 0.15) is 20.5 Å². The van der Waals surface area contributed by atoms with Gasteiger partial charge in [-0.15, -0.1) is 0 Å². The Morgan fingerprint density at radius 3 is 1.25 bits per heavy atom. The van der Waals surface area contributed by atoms with Crippen LogP contribution < -0.4 is 19.1 Å². The molecule has 0 fully saturated rings. The van der Waals surface area contributed by atoms with Crippen LogP contribution in [0.15, 0.2) is 121 Å². The van der Waals surface area contributed by atoms with Crippen LogP contribution in [0.4, 0.5) is 0 Å². The van der Waals surface area contributed by atoms with E-state index in [-0.39, 0.29) is 0 Å². The minimum atomic E-state index is 0.682. The van der Waals surface area contributed by atoms with Crippen LogP contribution in [0.3, 0.4) is 0 Å². The van der Waals surface area contributed by atoms with Crippen molar-refractivity contribution in [3.05, 3.63) is 121 Å². The zero-order valence-electron chi connectivity index (χ0n) is 21.1. The summed E-state index contributed by atoms with van der Waals surface area (Å²) < 4.78 is 7.11. The van der Waals surface area contributed by atoms with Crippen molar-refractivity contribution in [1.29, 1.82) is 0 Å². The summed E-state index contributed by atoms with van der Waals surface area (Å²) in [5, 5.41) is 6.65. The molecule has 0 N–H and O–H groups in total. The standard InChI is InChI=1S/C34H20N2O2S2/c1-3-11-23-19-29-25(17-21(23)9-1)33-35(27-13-5-7-15-31(27)39-33)36-28-14-6-8-16-32(28)40-34(36)26-18-22-10-2-4-12-24(22)20-30(26)38-37-29/h1-20H/q+2. The lowest BCUT2D eigenvalue weighted by atomic mass is 10.1. The highest BCUT2D eigenvalue weighted by atomic mass is 32.1. The predicted octanol–water partition coefficient (Wildman–Crippen LogP) is 8.33. The van der Waals surface area contributed by atoms with Crippen molar-refractivity contribution >= 4 is 64.7 Å². The first-order valence-corrected chi connectivity index (χ1v) is 14.7. The Bertz CT molecular complexity index is 2140. The lowest BCUT2D eigenvalue weighted by Gasteiger charge is -2.13. The highest BCUT2D eigenvalue weighted by Crippen LogP contribution is 2.42. The third-order valence-electron chi connectivity index (χ3n) is 7.56. The van der Waals surface area contributed by atoms with E-state index in [1.54, 1.807) is 22.7 Å². The number of hydrogen-bond acceptors (Lipinski definition) is 4. The average molecular weight is 553 g/mol. The fourth-order valence-electron chi connectivity index (χ4n) is 5.69. The van der Waals surface area contributed by atoms with Crippen LogP contribution in [-0.2, 0) is 0 Å². The van der Waals surface area contributed by atoms with Gasteiger partial charge in [0.2, 0.25) is 0 Å². The fraction of sp³-hybridized carbons (Fsp3) is 0. The van der Waals surface area contributed by atoms with Crippen LogP contribution in [0.2, 0.25) is 0 Å². The molecule has 0 amide bonds. The van der Waals surface area contributed by atoms with Gasteiger partial charge in [0.15, 0.2) is 11.5 Å². The summed E-state index contributed by atoms with van der Waals surface area (Å²) in [6.07, 6.45) is 0. The summed E-state index contributed by atoms with van der Waals surface area (Å²) in [5.74, 6) is 1.36. The Morgan fingerprint density at radius 1 is 0.425 bits per heavy atom. The van der Waals surface area contributed by atoms with Gasteiger partial charge in [0.25, 0.3) is 11.0 Å². The molecule has 1 aliphatic rings. The smallest absolute Gasteiger partial charge is 0.289 e. The van der Waals surface area contributed by atoms with Crippen molar-refractivity contribution in [2.75, 3.05) is 0 Å². The first-order chi connectivity index (χ1) is 19.8. The van der Waals surface area contributed by atoms with Gasteiger partial charge < -0.3 is 0 Å². The number of benzene rings is 6. The van der Waals surface area contributed by atoms with Crippen LogP contribution in [0.25, 0.3) is 63.1 Å². The van der Waals surface area contributed by atoms with Crippen LogP contribution >= 0.6 is 22.7 Å². The Hall–Kier alpha value is -4.78. The summed E-state index contributed by atoms with van der Waals surface area (Å²) in [5.41, 5.74) is 4.25. The molecule has 0 atom stereocenters.